The molecular weight excluding hydrogens is 305 g/mol. The first-order valence-corrected chi connectivity index (χ1v) is 6.67. The molecule has 23 heavy (non-hydrogen) atoms. The lowest BCUT2D eigenvalue weighted by Crippen LogP contribution is -1.95. The maximum Gasteiger partial charge on any atom is 0.248 e. The van der Waals surface area contributed by atoms with Crippen molar-refractivity contribution in [2.24, 2.45) is 0 Å². The van der Waals surface area contributed by atoms with Gasteiger partial charge < -0.3 is 10.5 Å². The van der Waals surface area contributed by atoms with Crippen LogP contribution in [0, 0.1) is 17.6 Å². The second-order valence-corrected chi connectivity index (χ2v) is 4.81. The van der Waals surface area contributed by atoms with Gasteiger partial charge in [-0.3, -0.25) is 0 Å². The molecule has 116 valence electrons. The molecule has 0 aliphatic rings. The molecule has 0 aliphatic carbocycles. The second-order valence-electron chi connectivity index (χ2n) is 4.81. The first kappa shape index (κ1) is 14.9. The van der Waals surface area contributed by atoms with E-state index in [1.165, 1.54) is 30.5 Å². The molecule has 0 saturated heterocycles. The molecule has 3 aromatic rings. The van der Waals surface area contributed by atoms with Gasteiger partial charge in [-0.05, 0) is 30.3 Å². The Labute approximate surface area is 130 Å². The Morgan fingerprint density at radius 1 is 0.957 bits per heavy atom. The molecule has 3 rings (SSSR count). The zero-order valence-corrected chi connectivity index (χ0v) is 11.8. The van der Waals surface area contributed by atoms with Gasteiger partial charge in [-0.15, -0.1) is 0 Å². The largest absolute Gasteiger partial charge is 0.457 e. The van der Waals surface area contributed by atoms with E-state index in [0.717, 1.165) is 6.07 Å². The van der Waals surface area contributed by atoms with Gasteiger partial charge in [0.2, 0.25) is 5.95 Å². The fraction of sp³-hybridized carbons (Fsp3) is 0. The summed E-state index contributed by atoms with van der Waals surface area (Å²) in [7, 11) is 0. The van der Waals surface area contributed by atoms with Gasteiger partial charge in [-0.25, -0.2) is 13.8 Å². The molecule has 1 aromatic heterocycles. The van der Waals surface area contributed by atoms with Crippen LogP contribution >= 0.6 is 0 Å². The Balaban J connectivity index is 2.05. The summed E-state index contributed by atoms with van der Waals surface area (Å²) in [6, 6.07) is 11.3. The van der Waals surface area contributed by atoms with E-state index in [2.05, 4.69) is 4.98 Å². The fourth-order valence-corrected chi connectivity index (χ4v) is 2.09. The number of ether oxygens (including phenoxy) is 1. The zero-order chi connectivity index (χ0) is 16.4. The van der Waals surface area contributed by atoms with Gasteiger partial charge in [-0.2, -0.15) is 4.39 Å². The number of aromatic nitrogens is 1. The maximum absolute atomic E-state index is 13.4. The van der Waals surface area contributed by atoms with E-state index in [0.29, 0.717) is 16.8 Å². The van der Waals surface area contributed by atoms with Crippen LogP contribution in [-0.4, -0.2) is 4.98 Å². The van der Waals surface area contributed by atoms with E-state index in [1.807, 2.05) is 0 Å². The number of hydrogen-bond donors (Lipinski definition) is 1. The summed E-state index contributed by atoms with van der Waals surface area (Å²) < 4.78 is 45.3. The summed E-state index contributed by atoms with van der Waals surface area (Å²) in [4.78, 5) is 3.35. The number of halogens is 3. The zero-order valence-electron chi connectivity index (χ0n) is 11.8. The highest BCUT2D eigenvalue weighted by atomic mass is 19.2. The average Bonchev–Trinajstić information content (AvgIpc) is 2.50. The van der Waals surface area contributed by atoms with Crippen LogP contribution < -0.4 is 10.5 Å². The molecular formula is C17H11F3N2O. The molecule has 0 amide bonds. The molecule has 0 unspecified atom stereocenters. The van der Waals surface area contributed by atoms with Crippen molar-refractivity contribution in [1.29, 1.82) is 0 Å². The lowest BCUT2D eigenvalue weighted by atomic mass is 10.1. The minimum Gasteiger partial charge on any atom is -0.457 e. The van der Waals surface area contributed by atoms with E-state index in [-0.39, 0.29) is 11.5 Å². The first-order valence-electron chi connectivity index (χ1n) is 6.67. The highest BCUT2D eigenvalue weighted by molar-refractivity contribution is 5.73. The van der Waals surface area contributed by atoms with Crippen molar-refractivity contribution in [3.8, 4) is 22.6 Å². The highest BCUT2D eigenvalue weighted by Gasteiger charge is 2.12. The molecule has 0 spiro atoms. The van der Waals surface area contributed by atoms with Gasteiger partial charge in [-0.1, -0.05) is 6.07 Å². The molecule has 0 radical (unpaired) electrons. The van der Waals surface area contributed by atoms with Gasteiger partial charge in [0.25, 0.3) is 0 Å². The van der Waals surface area contributed by atoms with Crippen molar-refractivity contribution < 1.29 is 17.9 Å². The van der Waals surface area contributed by atoms with E-state index in [1.54, 1.807) is 18.2 Å². The van der Waals surface area contributed by atoms with Crippen LogP contribution in [0.3, 0.4) is 0 Å². The van der Waals surface area contributed by atoms with E-state index in [9.17, 15) is 13.2 Å². The normalized spacial score (nSPS) is 10.6. The maximum atomic E-state index is 13.4. The Kier molecular flexibility index (Phi) is 3.89. The van der Waals surface area contributed by atoms with Crippen LogP contribution in [0.2, 0.25) is 0 Å². The van der Waals surface area contributed by atoms with Crippen LogP contribution in [-0.2, 0) is 0 Å². The summed E-state index contributed by atoms with van der Waals surface area (Å²) in [5.74, 6) is -2.17. The predicted octanol–water partition coefficient (Wildman–Crippen LogP) is 4.54. The van der Waals surface area contributed by atoms with Gasteiger partial charge >= 0.3 is 0 Å². The number of nitrogen functional groups attached to an aromatic ring is 1. The topological polar surface area (TPSA) is 48.1 Å². The molecule has 6 heteroatoms. The summed E-state index contributed by atoms with van der Waals surface area (Å²) in [6.07, 6.45) is 1.18. The molecule has 0 fully saturated rings. The number of hydrogen-bond acceptors (Lipinski definition) is 3. The number of rotatable bonds is 3. The van der Waals surface area contributed by atoms with Crippen molar-refractivity contribution in [3.05, 3.63) is 72.3 Å². The lowest BCUT2D eigenvalue weighted by Gasteiger charge is -2.12. The van der Waals surface area contributed by atoms with Crippen molar-refractivity contribution >= 4 is 5.69 Å². The van der Waals surface area contributed by atoms with Gasteiger partial charge in [0.15, 0.2) is 5.82 Å². The third-order valence-corrected chi connectivity index (χ3v) is 3.14. The Morgan fingerprint density at radius 3 is 2.52 bits per heavy atom. The molecule has 0 bridgehead atoms. The molecule has 2 aromatic carbocycles. The Hall–Kier alpha value is -3.02. The predicted molar refractivity (Wildman–Crippen MR) is 80.5 cm³/mol. The minimum atomic E-state index is -1.18. The summed E-state index contributed by atoms with van der Waals surface area (Å²) in [6.45, 7) is 0. The summed E-state index contributed by atoms with van der Waals surface area (Å²) in [5, 5.41) is 0. The van der Waals surface area contributed by atoms with E-state index < -0.39 is 17.6 Å². The molecule has 0 aliphatic heterocycles. The van der Waals surface area contributed by atoms with Crippen molar-refractivity contribution in [2.45, 2.75) is 0 Å². The minimum absolute atomic E-state index is 0.257. The number of nitrogens with two attached hydrogens (primary N) is 1. The van der Waals surface area contributed by atoms with Gasteiger partial charge in [0.1, 0.15) is 17.3 Å². The van der Waals surface area contributed by atoms with Crippen LogP contribution in [0.25, 0.3) is 11.1 Å². The molecule has 0 atom stereocenters. The smallest absolute Gasteiger partial charge is 0.248 e. The lowest BCUT2D eigenvalue weighted by molar-refractivity contribution is 0.475. The third-order valence-electron chi connectivity index (χ3n) is 3.14. The number of pyridine rings is 1. The number of anilines is 1. The molecule has 3 nitrogen and oxygen atoms in total. The number of nitrogens with zero attached hydrogens (tertiary/aromatic N) is 1. The quantitative estimate of drug-likeness (QED) is 0.570. The highest BCUT2D eigenvalue weighted by Crippen LogP contribution is 2.35. The first-order chi connectivity index (χ1) is 11.0. The Morgan fingerprint density at radius 2 is 1.78 bits per heavy atom. The van der Waals surface area contributed by atoms with E-state index in [4.69, 9.17) is 10.5 Å². The summed E-state index contributed by atoms with van der Waals surface area (Å²) >= 11 is 0. The van der Waals surface area contributed by atoms with Crippen LogP contribution in [0.4, 0.5) is 18.9 Å². The van der Waals surface area contributed by atoms with Crippen LogP contribution in [0.5, 0.6) is 11.5 Å². The van der Waals surface area contributed by atoms with Gasteiger partial charge in [0.05, 0.1) is 0 Å². The monoisotopic (exact) mass is 316 g/mol. The molecule has 0 saturated carbocycles. The van der Waals surface area contributed by atoms with Crippen molar-refractivity contribution in [1.82, 2.24) is 4.98 Å². The standard InChI is InChI=1S/C17H11F3N2O/c18-11-2-1-3-13(7-11)23-16-8-12(21)4-5-14(16)10-6-15(19)17(20)22-9-10/h1-9H,21H2. The molecule has 1 heterocycles. The van der Waals surface area contributed by atoms with Crippen LogP contribution in [0.1, 0.15) is 0 Å². The molecule has 2 N–H and O–H groups in total. The number of benzene rings is 2. The van der Waals surface area contributed by atoms with Crippen molar-refractivity contribution in [2.75, 3.05) is 5.73 Å². The van der Waals surface area contributed by atoms with Crippen molar-refractivity contribution in [3.63, 3.8) is 0 Å². The van der Waals surface area contributed by atoms with Gasteiger partial charge in [0, 0.05) is 35.1 Å². The van der Waals surface area contributed by atoms with Crippen LogP contribution in [0.15, 0.2) is 54.7 Å². The fourth-order valence-electron chi connectivity index (χ4n) is 2.09. The third kappa shape index (κ3) is 3.26. The Bertz CT molecular complexity index is 868. The average molecular weight is 316 g/mol. The summed E-state index contributed by atoms with van der Waals surface area (Å²) in [5.41, 5.74) is 6.92. The van der Waals surface area contributed by atoms with E-state index >= 15 is 0 Å². The second kappa shape index (κ2) is 6.00. The SMILES string of the molecule is Nc1ccc(-c2cnc(F)c(F)c2)c(Oc2cccc(F)c2)c1.